The average molecular weight is 354 g/mol. The fraction of sp³-hybridized carbons (Fsp3) is 0.412. The summed E-state index contributed by atoms with van der Waals surface area (Å²) < 4.78 is 3.24. The van der Waals surface area contributed by atoms with Gasteiger partial charge in [0.05, 0.1) is 31.1 Å². The van der Waals surface area contributed by atoms with Crippen LogP contribution in [0.1, 0.15) is 23.9 Å². The number of rotatable bonds is 7. The van der Waals surface area contributed by atoms with E-state index in [0.29, 0.717) is 36.8 Å². The van der Waals surface area contributed by atoms with Gasteiger partial charge in [-0.1, -0.05) is 6.92 Å². The number of hydrogen-bond acceptors (Lipinski definition) is 6. The molecule has 9 nitrogen and oxygen atoms in total. The number of nitrogens with two attached hydrogens (primary N) is 1. The second-order valence-corrected chi connectivity index (χ2v) is 5.93. The SMILES string of the molecule is [C-]#[N+]c1c(NCCc2ccn(CCO)n2)nc2c(CC)c(C)nn2c1N. The molecule has 3 aromatic heterocycles. The lowest BCUT2D eigenvalue weighted by atomic mass is 10.2. The number of aliphatic hydroxyl groups is 1. The minimum atomic E-state index is 0.0570. The van der Waals surface area contributed by atoms with Gasteiger partial charge in [-0.3, -0.25) is 4.68 Å². The fourth-order valence-corrected chi connectivity index (χ4v) is 2.93. The van der Waals surface area contributed by atoms with E-state index in [9.17, 15) is 0 Å². The lowest BCUT2D eigenvalue weighted by Gasteiger charge is -2.10. The Morgan fingerprint density at radius 3 is 2.88 bits per heavy atom. The van der Waals surface area contributed by atoms with Crippen LogP contribution in [0.25, 0.3) is 10.5 Å². The van der Waals surface area contributed by atoms with E-state index in [1.165, 1.54) is 0 Å². The normalized spacial score (nSPS) is 11.0. The highest BCUT2D eigenvalue weighted by molar-refractivity contribution is 5.80. The van der Waals surface area contributed by atoms with E-state index in [2.05, 4.69) is 25.3 Å². The molecule has 0 aliphatic rings. The zero-order valence-electron chi connectivity index (χ0n) is 14.9. The van der Waals surface area contributed by atoms with Crippen molar-refractivity contribution in [3.05, 3.63) is 40.6 Å². The molecule has 4 N–H and O–H groups in total. The van der Waals surface area contributed by atoms with Gasteiger partial charge in [0.15, 0.2) is 5.65 Å². The highest BCUT2D eigenvalue weighted by atomic mass is 16.3. The monoisotopic (exact) mass is 354 g/mol. The lowest BCUT2D eigenvalue weighted by Crippen LogP contribution is -2.10. The quantitative estimate of drug-likeness (QED) is 0.556. The van der Waals surface area contributed by atoms with Crippen molar-refractivity contribution in [2.24, 2.45) is 0 Å². The van der Waals surface area contributed by atoms with Crippen LogP contribution in [0.2, 0.25) is 0 Å². The van der Waals surface area contributed by atoms with Crippen LogP contribution in [-0.4, -0.2) is 42.6 Å². The number of nitrogens with zero attached hydrogens (tertiary/aromatic N) is 6. The molecule has 0 aliphatic heterocycles. The summed E-state index contributed by atoms with van der Waals surface area (Å²) in [6.45, 7) is 12.5. The predicted octanol–water partition coefficient (Wildman–Crippen LogP) is 1.58. The lowest BCUT2D eigenvalue weighted by molar-refractivity contribution is 0.269. The Kier molecular flexibility index (Phi) is 5.04. The molecule has 3 rings (SSSR count). The first-order valence-corrected chi connectivity index (χ1v) is 8.51. The minimum absolute atomic E-state index is 0.0570. The van der Waals surface area contributed by atoms with E-state index in [1.807, 2.05) is 26.1 Å². The summed E-state index contributed by atoms with van der Waals surface area (Å²) in [5.41, 5.74) is 9.91. The molecule has 0 radical (unpaired) electrons. The Balaban J connectivity index is 1.83. The van der Waals surface area contributed by atoms with Crippen LogP contribution in [0, 0.1) is 13.5 Å². The van der Waals surface area contributed by atoms with Crippen LogP contribution in [0.4, 0.5) is 17.3 Å². The van der Waals surface area contributed by atoms with E-state index in [0.717, 1.165) is 23.4 Å². The van der Waals surface area contributed by atoms with Crippen LogP contribution in [-0.2, 0) is 19.4 Å². The Bertz CT molecular complexity index is 965. The molecule has 0 aliphatic carbocycles. The molecule has 0 atom stereocenters. The molecule has 0 spiro atoms. The Morgan fingerprint density at radius 1 is 1.38 bits per heavy atom. The number of hydrogen-bond donors (Lipinski definition) is 3. The summed E-state index contributed by atoms with van der Waals surface area (Å²) in [4.78, 5) is 8.13. The molecule has 3 aromatic rings. The zero-order chi connectivity index (χ0) is 18.7. The smallest absolute Gasteiger partial charge is 0.268 e. The van der Waals surface area contributed by atoms with Crippen LogP contribution in [0.3, 0.4) is 0 Å². The zero-order valence-corrected chi connectivity index (χ0v) is 14.9. The van der Waals surface area contributed by atoms with Gasteiger partial charge in [0.1, 0.15) is 11.6 Å². The molecule has 0 aromatic carbocycles. The molecular weight excluding hydrogens is 332 g/mol. The highest BCUT2D eigenvalue weighted by Crippen LogP contribution is 2.32. The van der Waals surface area contributed by atoms with E-state index >= 15 is 0 Å². The first-order chi connectivity index (χ1) is 12.6. The molecule has 0 saturated heterocycles. The maximum Gasteiger partial charge on any atom is 0.268 e. The number of aliphatic hydroxyl groups excluding tert-OH is 1. The van der Waals surface area contributed by atoms with E-state index in [-0.39, 0.29) is 12.3 Å². The van der Waals surface area contributed by atoms with Gasteiger partial charge in [0.2, 0.25) is 0 Å². The van der Waals surface area contributed by atoms with Crippen molar-refractivity contribution in [1.82, 2.24) is 24.4 Å². The number of nitrogen functional groups attached to an aromatic ring is 1. The standard InChI is InChI=1S/C17H22N8O/c1-4-13-11(2)22-25-15(18)14(19-3)16(21-17(13)25)20-7-5-12-6-8-24(23-12)9-10-26/h6,8,26H,4-5,7,9-10,18H2,1-2H3,(H,20,21). The molecule has 3 heterocycles. The van der Waals surface area contributed by atoms with Crippen molar-refractivity contribution in [3.63, 3.8) is 0 Å². The molecular formula is C17H22N8O. The maximum atomic E-state index is 8.94. The van der Waals surface area contributed by atoms with Crippen molar-refractivity contribution in [2.75, 3.05) is 24.2 Å². The molecule has 0 bridgehead atoms. The largest absolute Gasteiger partial charge is 0.394 e. The molecule has 0 amide bonds. The minimum Gasteiger partial charge on any atom is -0.394 e. The molecule has 26 heavy (non-hydrogen) atoms. The Hall–Kier alpha value is -3.12. The van der Waals surface area contributed by atoms with Crippen molar-refractivity contribution in [2.45, 2.75) is 33.2 Å². The van der Waals surface area contributed by atoms with Crippen molar-refractivity contribution < 1.29 is 5.11 Å². The number of aryl methyl sites for hydroxylation is 2. The third-order valence-electron chi connectivity index (χ3n) is 4.23. The number of aromatic nitrogens is 5. The summed E-state index contributed by atoms with van der Waals surface area (Å²) >= 11 is 0. The van der Waals surface area contributed by atoms with Gasteiger partial charge in [-0.25, -0.2) is 14.3 Å². The summed E-state index contributed by atoms with van der Waals surface area (Å²) in [6.07, 6.45) is 3.30. The number of anilines is 2. The molecule has 0 unspecified atom stereocenters. The van der Waals surface area contributed by atoms with Crippen molar-refractivity contribution in [3.8, 4) is 0 Å². The van der Waals surface area contributed by atoms with Gasteiger partial charge in [0, 0.05) is 24.7 Å². The topological polar surface area (TPSA) is 111 Å². The maximum absolute atomic E-state index is 8.94. The first-order valence-electron chi connectivity index (χ1n) is 8.51. The van der Waals surface area contributed by atoms with Crippen LogP contribution < -0.4 is 11.1 Å². The van der Waals surface area contributed by atoms with Gasteiger partial charge in [0.25, 0.3) is 5.69 Å². The molecule has 136 valence electrons. The van der Waals surface area contributed by atoms with Gasteiger partial charge in [-0.05, 0) is 19.4 Å². The fourth-order valence-electron chi connectivity index (χ4n) is 2.93. The second kappa shape index (κ2) is 7.41. The Morgan fingerprint density at radius 2 is 2.19 bits per heavy atom. The second-order valence-electron chi connectivity index (χ2n) is 5.93. The van der Waals surface area contributed by atoms with Crippen molar-refractivity contribution in [1.29, 1.82) is 0 Å². The van der Waals surface area contributed by atoms with E-state index < -0.39 is 0 Å². The number of fused-ring (bicyclic) bond motifs is 1. The van der Waals surface area contributed by atoms with E-state index in [4.69, 9.17) is 17.4 Å². The van der Waals surface area contributed by atoms with Gasteiger partial charge < -0.3 is 16.2 Å². The summed E-state index contributed by atoms with van der Waals surface area (Å²) in [5, 5.41) is 20.9. The molecule has 0 fully saturated rings. The summed E-state index contributed by atoms with van der Waals surface area (Å²) in [5.74, 6) is 0.761. The van der Waals surface area contributed by atoms with Gasteiger partial charge >= 0.3 is 0 Å². The summed E-state index contributed by atoms with van der Waals surface area (Å²) in [7, 11) is 0. The summed E-state index contributed by atoms with van der Waals surface area (Å²) in [6, 6.07) is 1.91. The van der Waals surface area contributed by atoms with E-state index in [1.54, 1.807) is 9.20 Å². The number of nitrogens with one attached hydrogen (secondary N) is 1. The third kappa shape index (κ3) is 3.19. The van der Waals surface area contributed by atoms with Crippen LogP contribution in [0.5, 0.6) is 0 Å². The first kappa shape index (κ1) is 17.7. The van der Waals surface area contributed by atoms with Crippen LogP contribution >= 0.6 is 0 Å². The van der Waals surface area contributed by atoms with Crippen LogP contribution in [0.15, 0.2) is 12.3 Å². The molecule has 0 saturated carbocycles. The molecule has 9 heteroatoms. The van der Waals surface area contributed by atoms with Crippen molar-refractivity contribution >= 4 is 23.0 Å². The predicted molar refractivity (Wildman–Crippen MR) is 99.3 cm³/mol. The van der Waals surface area contributed by atoms with Gasteiger partial charge in [-0.2, -0.15) is 10.2 Å². The third-order valence-corrected chi connectivity index (χ3v) is 4.23. The Labute approximate surface area is 151 Å². The highest BCUT2D eigenvalue weighted by Gasteiger charge is 2.18. The average Bonchev–Trinajstić information content (AvgIpc) is 3.19. The van der Waals surface area contributed by atoms with Gasteiger partial charge in [-0.15, -0.1) is 0 Å².